The molecule has 0 aromatic heterocycles. The summed E-state index contributed by atoms with van der Waals surface area (Å²) in [5.41, 5.74) is 0.348. The Morgan fingerprint density at radius 3 is 2.76 bits per heavy atom. The number of carbonyl (C=O) groups is 1. The molecular weight excluding hydrogens is 221 g/mol. The van der Waals surface area contributed by atoms with Crippen LogP contribution in [-0.2, 0) is 0 Å². The first-order valence-electron chi connectivity index (χ1n) is 5.76. The van der Waals surface area contributed by atoms with E-state index in [1.165, 1.54) is 12.1 Å². The van der Waals surface area contributed by atoms with Gasteiger partial charge in [0.2, 0.25) is 0 Å². The van der Waals surface area contributed by atoms with Gasteiger partial charge in [0.1, 0.15) is 5.82 Å². The highest BCUT2D eigenvalue weighted by Crippen LogP contribution is 2.31. The number of halogens is 1. The van der Waals surface area contributed by atoms with E-state index in [0.717, 1.165) is 24.8 Å². The quantitative estimate of drug-likeness (QED) is 0.841. The van der Waals surface area contributed by atoms with Crippen LogP contribution in [0.15, 0.2) is 18.2 Å². The van der Waals surface area contributed by atoms with Crippen molar-refractivity contribution < 1.29 is 14.3 Å². The average molecular weight is 237 g/mol. The number of carbonyl (C=O) groups excluding carboxylic acids is 1. The van der Waals surface area contributed by atoms with E-state index in [4.69, 9.17) is 0 Å². The minimum atomic E-state index is -0.534. The standard InChI is InChI=1S/C13H16FNO2/c1-9-3-4-11(14)10(7-9)12(17)15-13(8-16)5-2-6-13/h3-4,7,16H,2,5-6,8H2,1H3,(H,15,17). The van der Waals surface area contributed by atoms with Crippen molar-refractivity contribution in [1.29, 1.82) is 0 Å². The minimum absolute atomic E-state index is 0.0460. The fraction of sp³-hybridized carbons (Fsp3) is 0.462. The van der Waals surface area contributed by atoms with Gasteiger partial charge in [0.05, 0.1) is 17.7 Å². The lowest BCUT2D eigenvalue weighted by Crippen LogP contribution is -2.56. The first-order valence-corrected chi connectivity index (χ1v) is 5.76. The summed E-state index contributed by atoms with van der Waals surface area (Å²) in [6.07, 6.45) is 2.49. The van der Waals surface area contributed by atoms with Gasteiger partial charge >= 0.3 is 0 Å². The molecule has 1 fully saturated rings. The lowest BCUT2D eigenvalue weighted by molar-refractivity contribution is 0.0638. The zero-order valence-electron chi connectivity index (χ0n) is 9.79. The van der Waals surface area contributed by atoms with E-state index in [2.05, 4.69) is 5.32 Å². The highest BCUT2D eigenvalue weighted by molar-refractivity contribution is 5.95. The molecule has 0 atom stereocenters. The lowest BCUT2D eigenvalue weighted by atomic mass is 9.77. The number of aryl methyl sites for hydroxylation is 1. The summed E-state index contributed by atoms with van der Waals surface area (Å²) in [7, 11) is 0. The highest BCUT2D eigenvalue weighted by atomic mass is 19.1. The molecule has 4 heteroatoms. The van der Waals surface area contributed by atoms with E-state index in [-0.39, 0.29) is 12.2 Å². The van der Waals surface area contributed by atoms with Gasteiger partial charge in [-0.25, -0.2) is 4.39 Å². The van der Waals surface area contributed by atoms with Gasteiger partial charge in [-0.2, -0.15) is 0 Å². The number of aliphatic hydroxyl groups is 1. The van der Waals surface area contributed by atoms with Gasteiger partial charge in [-0.05, 0) is 38.3 Å². The SMILES string of the molecule is Cc1ccc(F)c(C(=O)NC2(CO)CCC2)c1. The monoisotopic (exact) mass is 237 g/mol. The van der Waals surface area contributed by atoms with Crippen LogP contribution in [0.5, 0.6) is 0 Å². The van der Waals surface area contributed by atoms with E-state index in [1.807, 2.05) is 0 Å². The first kappa shape index (κ1) is 12.0. The van der Waals surface area contributed by atoms with Crippen molar-refractivity contribution >= 4 is 5.91 Å². The predicted molar refractivity (Wildman–Crippen MR) is 62.3 cm³/mol. The van der Waals surface area contributed by atoms with Crippen LogP contribution in [0.2, 0.25) is 0 Å². The Balaban J connectivity index is 2.17. The lowest BCUT2D eigenvalue weighted by Gasteiger charge is -2.40. The van der Waals surface area contributed by atoms with E-state index < -0.39 is 17.3 Å². The van der Waals surface area contributed by atoms with Crippen LogP contribution in [-0.4, -0.2) is 23.2 Å². The summed E-state index contributed by atoms with van der Waals surface area (Å²) >= 11 is 0. The van der Waals surface area contributed by atoms with E-state index in [0.29, 0.717) is 0 Å². The second-order valence-corrected chi connectivity index (χ2v) is 4.73. The summed E-state index contributed by atoms with van der Waals surface area (Å²) in [6.45, 7) is 1.72. The average Bonchev–Trinajstić information content (AvgIpc) is 2.26. The molecule has 1 amide bonds. The van der Waals surface area contributed by atoms with Crippen molar-refractivity contribution in [3.63, 3.8) is 0 Å². The maximum Gasteiger partial charge on any atom is 0.254 e. The van der Waals surface area contributed by atoms with Crippen LogP contribution >= 0.6 is 0 Å². The molecule has 1 aliphatic carbocycles. The van der Waals surface area contributed by atoms with Crippen LogP contribution in [0.1, 0.15) is 35.2 Å². The third-order valence-electron chi connectivity index (χ3n) is 3.36. The number of amides is 1. The van der Waals surface area contributed by atoms with Gasteiger partial charge < -0.3 is 10.4 Å². The highest BCUT2D eigenvalue weighted by Gasteiger charge is 2.38. The van der Waals surface area contributed by atoms with Crippen LogP contribution < -0.4 is 5.32 Å². The Bertz CT molecular complexity index is 436. The summed E-state index contributed by atoms with van der Waals surface area (Å²) in [5, 5.41) is 12.0. The molecule has 0 aliphatic heterocycles. The summed E-state index contributed by atoms with van der Waals surface area (Å²) < 4.78 is 13.5. The van der Waals surface area contributed by atoms with Crippen LogP contribution in [0.3, 0.4) is 0 Å². The molecule has 2 rings (SSSR count). The Labute approximate surface area is 99.7 Å². The minimum Gasteiger partial charge on any atom is -0.394 e. The normalized spacial score (nSPS) is 17.4. The zero-order valence-corrected chi connectivity index (χ0v) is 9.79. The van der Waals surface area contributed by atoms with Gasteiger partial charge in [0, 0.05) is 0 Å². The van der Waals surface area contributed by atoms with Crippen molar-refractivity contribution in [3.8, 4) is 0 Å². The number of hydrogen-bond donors (Lipinski definition) is 2. The van der Waals surface area contributed by atoms with E-state index in [1.54, 1.807) is 13.0 Å². The second kappa shape index (κ2) is 4.45. The molecule has 1 aromatic carbocycles. The molecule has 0 spiro atoms. The largest absolute Gasteiger partial charge is 0.394 e. The first-order chi connectivity index (χ1) is 8.06. The molecule has 2 N–H and O–H groups in total. The number of benzene rings is 1. The molecule has 1 saturated carbocycles. The molecule has 17 heavy (non-hydrogen) atoms. The number of rotatable bonds is 3. The topological polar surface area (TPSA) is 49.3 Å². The third-order valence-corrected chi connectivity index (χ3v) is 3.36. The Hall–Kier alpha value is -1.42. The van der Waals surface area contributed by atoms with Crippen molar-refractivity contribution in [2.45, 2.75) is 31.7 Å². The number of aliphatic hydroxyl groups excluding tert-OH is 1. The van der Waals surface area contributed by atoms with Gasteiger partial charge in [-0.15, -0.1) is 0 Å². The van der Waals surface area contributed by atoms with Gasteiger partial charge in [0.25, 0.3) is 5.91 Å². The fourth-order valence-electron chi connectivity index (χ4n) is 2.05. The molecule has 0 radical (unpaired) electrons. The third kappa shape index (κ3) is 2.31. The molecule has 1 aliphatic rings. The van der Waals surface area contributed by atoms with E-state index >= 15 is 0 Å². The summed E-state index contributed by atoms with van der Waals surface area (Å²) in [4.78, 5) is 11.9. The predicted octanol–water partition coefficient (Wildman–Crippen LogP) is 1.78. The number of hydrogen-bond acceptors (Lipinski definition) is 2. The van der Waals surface area contributed by atoms with Crippen molar-refractivity contribution in [2.24, 2.45) is 0 Å². The molecule has 3 nitrogen and oxygen atoms in total. The maximum atomic E-state index is 13.5. The molecule has 0 bridgehead atoms. The van der Waals surface area contributed by atoms with Crippen LogP contribution in [0, 0.1) is 12.7 Å². The van der Waals surface area contributed by atoms with Crippen molar-refractivity contribution in [3.05, 3.63) is 35.1 Å². The van der Waals surface area contributed by atoms with Gasteiger partial charge in [-0.1, -0.05) is 11.6 Å². The van der Waals surface area contributed by atoms with Gasteiger partial charge in [-0.3, -0.25) is 4.79 Å². The molecule has 1 aromatic rings. The Morgan fingerprint density at radius 1 is 1.53 bits per heavy atom. The zero-order chi connectivity index (χ0) is 12.5. The molecule has 92 valence electrons. The Morgan fingerprint density at radius 2 is 2.24 bits per heavy atom. The summed E-state index contributed by atoms with van der Waals surface area (Å²) in [6, 6.07) is 4.43. The maximum absolute atomic E-state index is 13.5. The van der Waals surface area contributed by atoms with Crippen LogP contribution in [0.25, 0.3) is 0 Å². The summed E-state index contributed by atoms with van der Waals surface area (Å²) in [5.74, 6) is -0.972. The number of nitrogens with one attached hydrogen (secondary N) is 1. The molecule has 0 saturated heterocycles. The van der Waals surface area contributed by atoms with E-state index in [9.17, 15) is 14.3 Å². The van der Waals surface area contributed by atoms with Crippen molar-refractivity contribution in [1.82, 2.24) is 5.32 Å². The molecular formula is C13H16FNO2. The van der Waals surface area contributed by atoms with Crippen molar-refractivity contribution in [2.75, 3.05) is 6.61 Å². The second-order valence-electron chi connectivity index (χ2n) is 4.73. The van der Waals surface area contributed by atoms with Gasteiger partial charge in [0.15, 0.2) is 0 Å². The molecule has 0 unspecified atom stereocenters. The van der Waals surface area contributed by atoms with Crippen LogP contribution in [0.4, 0.5) is 4.39 Å². The molecule has 0 heterocycles. The Kier molecular flexibility index (Phi) is 3.15. The fourth-order valence-corrected chi connectivity index (χ4v) is 2.05. The smallest absolute Gasteiger partial charge is 0.254 e.